The molecule has 96 valence electrons. The largest absolute Gasteiger partial charge is 0.461 e. The van der Waals surface area contributed by atoms with Crippen molar-refractivity contribution in [1.29, 1.82) is 0 Å². The van der Waals surface area contributed by atoms with Crippen molar-refractivity contribution in [2.75, 3.05) is 6.61 Å². The predicted molar refractivity (Wildman–Crippen MR) is 56.2 cm³/mol. The molecule has 0 spiro atoms. The van der Waals surface area contributed by atoms with Gasteiger partial charge in [-0.15, -0.1) is 0 Å². The highest BCUT2D eigenvalue weighted by atomic mass is 19.4. The van der Waals surface area contributed by atoms with E-state index in [1.54, 1.807) is 6.92 Å². The quantitative estimate of drug-likeness (QED) is 0.777. The highest BCUT2D eigenvalue weighted by Crippen LogP contribution is 2.30. The highest BCUT2D eigenvalue weighted by molar-refractivity contribution is 5.95. The Balaban J connectivity index is 2.53. The van der Waals surface area contributed by atoms with Gasteiger partial charge in [0.1, 0.15) is 6.33 Å². The third-order valence-electron chi connectivity index (χ3n) is 2.34. The van der Waals surface area contributed by atoms with Crippen molar-refractivity contribution in [3.05, 3.63) is 35.9 Å². The number of fused-ring (bicyclic) bond motifs is 1. The average molecular weight is 258 g/mol. The third kappa shape index (κ3) is 2.15. The average Bonchev–Trinajstić information content (AvgIpc) is 2.70. The highest BCUT2D eigenvalue weighted by Gasteiger charge is 2.31. The number of hydrogen-bond donors (Lipinski definition) is 0. The van der Waals surface area contributed by atoms with E-state index in [2.05, 4.69) is 4.98 Å². The SMILES string of the molecule is CCOC(=O)c1ncn2ccc(C(F)(F)F)cc12. The van der Waals surface area contributed by atoms with Gasteiger partial charge in [-0.2, -0.15) is 13.2 Å². The lowest BCUT2D eigenvalue weighted by molar-refractivity contribution is -0.137. The summed E-state index contributed by atoms with van der Waals surface area (Å²) in [6, 6.07) is 1.79. The number of imidazole rings is 1. The first-order valence-electron chi connectivity index (χ1n) is 5.14. The molecule has 0 unspecified atom stereocenters. The van der Waals surface area contributed by atoms with Crippen molar-refractivity contribution >= 4 is 11.5 Å². The maximum Gasteiger partial charge on any atom is 0.416 e. The predicted octanol–water partition coefficient (Wildman–Crippen LogP) is 2.53. The fraction of sp³-hybridized carbons (Fsp3) is 0.273. The number of rotatable bonds is 2. The lowest BCUT2D eigenvalue weighted by atomic mass is 10.2. The minimum atomic E-state index is -4.46. The summed E-state index contributed by atoms with van der Waals surface area (Å²) in [5, 5.41) is 0. The normalized spacial score (nSPS) is 11.8. The monoisotopic (exact) mass is 258 g/mol. The van der Waals surface area contributed by atoms with Gasteiger partial charge >= 0.3 is 12.1 Å². The zero-order valence-corrected chi connectivity index (χ0v) is 9.36. The minimum absolute atomic E-state index is 0.0725. The molecule has 0 aliphatic heterocycles. The molecule has 2 aromatic heterocycles. The van der Waals surface area contributed by atoms with Crippen LogP contribution in [0.3, 0.4) is 0 Å². The number of aromatic nitrogens is 2. The van der Waals surface area contributed by atoms with Gasteiger partial charge in [-0.25, -0.2) is 9.78 Å². The molecule has 0 aliphatic rings. The number of carbonyl (C=O) groups excluding carboxylic acids is 1. The molecule has 18 heavy (non-hydrogen) atoms. The number of esters is 1. The second-order valence-electron chi connectivity index (χ2n) is 3.52. The van der Waals surface area contributed by atoms with Gasteiger partial charge in [0, 0.05) is 6.20 Å². The van der Waals surface area contributed by atoms with Crippen LogP contribution in [0, 0.1) is 0 Å². The van der Waals surface area contributed by atoms with Gasteiger partial charge in [0.25, 0.3) is 0 Å². The molecule has 0 N–H and O–H groups in total. The Bertz CT molecular complexity index is 589. The Morgan fingerprint density at radius 2 is 2.22 bits per heavy atom. The Kier molecular flexibility index (Phi) is 2.98. The second kappa shape index (κ2) is 4.32. The summed E-state index contributed by atoms with van der Waals surface area (Å²) in [7, 11) is 0. The van der Waals surface area contributed by atoms with Crippen molar-refractivity contribution in [1.82, 2.24) is 9.38 Å². The summed E-state index contributed by atoms with van der Waals surface area (Å²) >= 11 is 0. The molecule has 0 bridgehead atoms. The maximum absolute atomic E-state index is 12.6. The van der Waals surface area contributed by atoms with E-state index in [9.17, 15) is 18.0 Å². The lowest BCUT2D eigenvalue weighted by Gasteiger charge is -2.07. The molecular weight excluding hydrogens is 249 g/mol. The number of pyridine rings is 1. The minimum Gasteiger partial charge on any atom is -0.461 e. The molecule has 0 radical (unpaired) electrons. The molecular formula is C11H9F3N2O2. The van der Waals surface area contributed by atoms with Crippen LogP contribution in [0.15, 0.2) is 24.7 Å². The number of ether oxygens (including phenoxy) is 1. The number of nitrogens with zero attached hydrogens (tertiary/aromatic N) is 2. The molecule has 0 fully saturated rings. The molecule has 7 heteroatoms. The topological polar surface area (TPSA) is 43.6 Å². The van der Waals surface area contributed by atoms with Crippen LogP contribution < -0.4 is 0 Å². The van der Waals surface area contributed by atoms with Crippen molar-refractivity contribution in [2.24, 2.45) is 0 Å². The van der Waals surface area contributed by atoms with E-state index in [1.165, 1.54) is 16.9 Å². The summed E-state index contributed by atoms with van der Waals surface area (Å²) in [4.78, 5) is 15.3. The van der Waals surface area contributed by atoms with E-state index >= 15 is 0 Å². The molecule has 0 saturated heterocycles. The van der Waals surface area contributed by atoms with Gasteiger partial charge < -0.3 is 9.14 Å². The molecule has 4 nitrogen and oxygen atoms in total. The van der Waals surface area contributed by atoms with E-state index in [4.69, 9.17) is 4.74 Å². The van der Waals surface area contributed by atoms with Gasteiger partial charge in [-0.1, -0.05) is 0 Å². The fourth-order valence-electron chi connectivity index (χ4n) is 1.52. The molecule has 0 saturated carbocycles. The summed E-state index contributed by atoms with van der Waals surface area (Å²) in [5.74, 6) is -0.737. The van der Waals surface area contributed by atoms with Crippen LogP contribution in [-0.4, -0.2) is 22.0 Å². The van der Waals surface area contributed by atoms with Crippen LogP contribution in [0.2, 0.25) is 0 Å². The van der Waals surface area contributed by atoms with E-state index in [0.717, 1.165) is 12.1 Å². The smallest absolute Gasteiger partial charge is 0.416 e. The van der Waals surface area contributed by atoms with Gasteiger partial charge in [-0.05, 0) is 19.1 Å². The second-order valence-corrected chi connectivity index (χ2v) is 3.52. The molecule has 0 aliphatic carbocycles. The zero-order chi connectivity index (χ0) is 13.3. The lowest BCUT2D eigenvalue weighted by Crippen LogP contribution is -2.08. The Labute approximate surface area is 100 Å². The Morgan fingerprint density at radius 1 is 1.50 bits per heavy atom. The van der Waals surface area contributed by atoms with Gasteiger partial charge in [0.2, 0.25) is 0 Å². The van der Waals surface area contributed by atoms with Crippen molar-refractivity contribution < 1.29 is 22.7 Å². The summed E-state index contributed by atoms with van der Waals surface area (Å²) in [6.07, 6.45) is -1.99. The first-order valence-corrected chi connectivity index (χ1v) is 5.14. The van der Waals surface area contributed by atoms with Crippen molar-refractivity contribution in [2.45, 2.75) is 13.1 Å². The maximum atomic E-state index is 12.6. The van der Waals surface area contributed by atoms with Crippen LogP contribution in [0.25, 0.3) is 5.52 Å². The van der Waals surface area contributed by atoms with Gasteiger partial charge in [0.15, 0.2) is 5.69 Å². The molecule has 2 heterocycles. The third-order valence-corrected chi connectivity index (χ3v) is 2.34. The van der Waals surface area contributed by atoms with Crippen LogP contribution >= 0.6 is 0 Å². The first kappa shape index (κ1) is 12.4. The van der Waals surface area contributed by atoms with E-state index in [1.807, 2.05) is 0 Å². The molecule has 2 aromatic rings. The molecule has 0 atom stereocenters. The fourth-order valence-corrected chi connectivity index (χ4v) is 1.52. The van der Waals surface area contributed by atoms with E-state index in [0.29, 0.717) is 0 Å². The van der Waals surface area contributed by atoms with Crippen molar-refractivity contribution in [3.63, 3.8) is 0 Å². The van der Waals surface area contributed by atoms with Gasteiger partial charge in [-0.3, -0.25) is 0 Å². The summed E-state index contributed by atoms with van der Waals surface area (Å²) in [5.41, 5.74) is -0.882. The Morgan fingerprint density at radius 3 is 2.83 bits per heavy atom. The van der Waals surface area contributed by atoms with Crippen molar-refractivity contribution in [3.8, 4) is 0 Å². The molecule has 0 aromatic carbocycles. The Hall–Kier alpha value is -2.05. The van der Waals surface area contributed by atoms with E-state index in [-0.39, 0.29) is 17.8 Å². The van der Waals surface area contributed by atoms with Gasteiger partial charge in [0.05, 0.1) is 17.7 Å². The number of carbonyl (C=O) groups is 1. The molecule has 2 rings (SSSR count). The van der Waals surface area contributed by atoms with E-state index < -0.39 is 17.7 Å². The number of alkyl halides is 3. The van der Waals surface area contributed by atoms with Crippen LogP contribution in [0.1, 0.15) is 23.0 Å². The first-order chi connectivity index (χ1) is 8.43. The zero-order valence-electron chi connectivity index (χ0n) is 9.36. The molecule has 0 amide bonds. The number of halogens is 3. The summed E-state index contributed by atoms with van der Waals surface area (Å²) in [6.45, 7) is 1.74. The van der Waals surface area contributed by atoms with Crippen LogP contribution in [0.4, 0.5) is 13.2 Å². The summed E-state index contributed by atoms with van der Waals surface area (Å²) < 4.78 is 43.7. The number of hydrogen-bond acceptors (Lipinski definition) is 3. The van der Waals surface area contributed by atoms with Crippen LogP contribution in [0.5, 0.6) is 0 Å². The van der Waals surface area contributed by atoms with Crippen LogP contribution in [-0.2, 0) is 10.9 Å². The standard InChI is InChI=1S/C11H9F3N2O2/c1-2-18-10(17)9-8-5-7(11(12,13)14)3-4-16(8)6-15-9/h3-6H,2H2,1H3.